The van der Waals surface area contributed by atoms with Crippen LogP contribution < -0.4 is 5.63 Å². The maximum Gasteiger partial charge on any atom is 0.336 e. The molecule has 9 heteroatoms. The van der Waals surface area contributed by atoms with Crippen molar-refractivity contribution in [2.45, 2.75) is 24.8 Å². The molecule has 0 bridgehead atoms. The Labute approximate surface area is 156 Å². The van der Waals surface area contributed by atoms with Crippen LogP contribution in [0.15, 0.2) is 38.6 Å². The van der Waals surface area contributed by atoms with Crippen LogP contribution in [0.5, 0.6) is 5.75 Å². The molecule has 4 rings (SSSR count). The van der Waals surface area contributed by atoms with Gasteiger partial charge in [-0.05, 0) is 25.5 Å². The molecule has 0 spiro atoms. The number of aryl methyl sites for hydroxylation is 2. The van der Waals surface area contributed by atoms with Crippen molar-refractivity contribution in [1.82, 2.24) is 19.6 Å². The average molecular weight is 389 g/mol. The summed E-state index contributed by atoms with van der Waals surface area (Å²) in [6.45, 7) is 3.80. The van der Waals surface area contributed by atoms with E-state index in [9.17, 15) is 9.90 Å². The second-order valence-electron chi connectivity index (χ2n) is 5.80. The van der Waals surface area contributed by atoms with E-state index in [1.54, 1.807) is 6.07 Å². The smallest absolute Gasteiger partial charge is 0.336 e. The van der Waals surface area contributed by atoms with Crippen LogP contribution >= 0.6 is 23.4 Å². The van der Waals surface area contributed by atoms with Gasteiger partial charge in [0.15, 0.2) is 10.8 Å². The summed E-state index contributed by atoms with van der Waals surface area (Å²) in [6.07, 6.45) is 0. The van der Waals surface area contributed by atoms with E-state index in [1.807, 2.05) is 24.3 Å². The van der Waals surface area contributed by atoms with Gasteiger partial charge >= 0.3 is 5.63 Å². The Bertz CT molecular complexity index is 1220. The first-order valence-electron chi connectivity index (χ1n) is 7.70. The molecule has 0 saturated carbocycles. The first-order valence-corrected chi connectivity index (χ1v) is 9.06. The molecule has 0 aliphatic carbocycles. The van der Waals surface area contributed by atoms with Crippen LogP contribution in [-0.4, -0.2) is 24.7 Å². The number of aromatic hydroxyl groups is 1. The molecule has 0 amide bonds. The van der Waals surface area contributed by atoms with Gasteiger partial charge in [-0.25, -0.2) is 9.78 Å². The molecule has 0 aliphatic rings. The SMILES string of the molecule is Cc1cc2nnc(SCc3cc(=O)oc4cc(O)c(Cl)cc34)n2c(C)n1. The molecular formula is C17H13ClN4O3S. The molecule has 1 aromatic carbocycles. The zero-order valence-corrected chi connectivity index (χ0v) is 15.4. The first-order chi connectivity index (χ1) is 12.4. The van der Waals surface area contributed by atoms with E-state index >= 15 is 0 Å². The van der Waals surface area contributed by atoms with Crippen LogP contribution in [0, 0.1) is 13.8 Å². The summed E-state index contributed by atoms with van der Waals surface area (Å²) in [6, 6.07) is 6.21. The fourth-order valence-electron chi connectivity index (χ4n) is 2.79. The summed E-state index contributed by atoms with van der Waals surface area (Å²) >= 11 is 7.43. The molecule has 0 atom stereocenters. The van der Waals surface area contributed by atoms with Gasteiger partial charge in [-0.1, -0.05) is 23.4 Å². The molecule has 3 heterocycles. The van der Waals surface area contributed by atoms with Gasteiger partial charge in [-0.15, -0.1) is 10.2 Å². The third-order valence-electron chi connectivity index (χ3n) is 3.91. The van der Waals surface area contributed by atoms with Crippen LogP contribution in [-0.2, 0) is 5.75 Å². The molecule has 3 aromatic heterocycles. The summed E-state index contributed by atoms with van der Waals surface area (Å²) in [5, 5.41) is 19.7. The van der Waals surface area contributed by atoms with Crippen molar-refractivity contribution in [1.29, 1.82) is 0 Å². The third kappa shape index (κ3) is 2.91. The number of aromatic nitrogens is 4. The Balaban J connectivity index is 1.75. The quantitative estimate of drug-likeness (QED) is 0.424. The molecule has 132 valence electrons. The summed E-state index contributed by atoms with van der Waals surface area (Å²) in [7, 11) is 0. The van der Waals surface area contributed by atoms with Gasteiger partial charge in [0.05, 0.1) is 5.02 Å². The largest absolute Gasteiger partial charge is 0.506 e. The highest BCUT2D eigenvalue weighted by Gasteiger charge is 2.13. The van der Waals surface area contributed by atoms with Crippen LogP contribution in [0.25, 0.3) is 16.6 Å². The van der Waals surface area contributed by atoms with Gasteiger partial charge < -0.3 is 9.52 Å². The predicted molar refractivity (Wildman–Crippen MR) is 99.0 cm³/mol. The lowest BCUT2D eigenvalue weighted by Gasteiger charge is -2.07. The lowest BCUT2D eigenvalue weighted by molar-refractivity contribution is 0.473. The third-order valence-corrected chi connectivity index (χ3v) is 5.19. The number of halogens is 1. The lowest BCUT2D eigenvalue weighted by Crippen LogP contribution is -2.01. The number of nitrogens with zero attached hydrogens (tertiary/aromatic N) is 4. The fraction of sp³-hybridized carbons (Fsp3) is 0.176. The van der Waals surface area contributed by atoms with Gasteiger partial charge in [0.2, 0.25) is 0 Å². The molecule has 0 unspecified atom stereocenters. The summed E-state index contributed by atoms with van der Waals surface area (Å²) in [4.78, 5) is 16.3. The minimum Gasteiger partial charge on any atom is -0.506 e. The standard InChI is InChI=1S/C17H13ClN4O3S/c1-8-3-15-20-21-17(22(15)9(2)19-8)26-7-10-4-16(24)25-14-6-13(23)12(18)5-11(10)14/h3-6,23H,7H2,1-2H3. The number of fused-ring (bicyclic) bond motifs is 2. The van der Waals surface area contributed by atoms with Crippen molar-refractivity contribution in [3.05, 3.63) is 56.8 Å². The zero-order chi connectivity index (χ0) is 18.4. The second kappa shape index (κ2) is 6.30. The number of benzene rings is 1. The minimum atomic E-state index is -0.491. The van der Waals surface area contributed by atoms with Crippen molar-refractivity contribution in [2.24, 2.45) is 0 Å². The Morgan fingerprint density at radius 3 is 2.85 bits per heavy atom. The highest BCUT2D eigenvalue weighted by atomic mass is 35.5. The van der Waals surface area contributed by atoms with E-state index in [-0.39, 0.29) is 16.4 Å². The molecule has 0 radical (unpaired) electrons. The molecule has 4 aromatic rings. The number of phenolic OH excluding ortho intramolecular Hbond substituents is 1. The van der Waals surface area contributed by atoms with E-state index in [2.05, 4.69) is 15.2 Å². The maximum atomic E-state index is 11.8. The normalized spacial score (nSPS) is 11.5. The minimum absolute atomic E-state index is 0.132. The van der Waals surface area contributed by atoms with Crippen LogP contribution in [0.1, 0.15) is 17.1 Å². The van der Waals surface area contributed by atoms with Crippen LogP contribution in [0.3, 0.4) is 0 Å². The van der Waals surface area contributed by atoms with Crippen LogP contribution in [0.4, 0.5) is 0 Å². The molecule has 0 fully saturated rings. The number of rotatable bonds is 3. The maximum absolute atomic E-state index is 11.8. The van der Waals surface area contributed by atoms with Gasteiger partial charge in [0.25, 0.3) is 0 Å². The van der Waals surface area contributed by atoms with Gasteiger partial charge in [-0.2, -0.15) is 0 Å². The molecular weight excluding hydrogens is 376 g/mol. The van der Waals surface area contributed by atoms with Gasteiger partial charge in [0.1, 0.15) is 17.2 Å². The Morgan fingerprint density at radius 1 is 1.23 bits per heavy atom. The number of phenols is 1. The highest BCUT2D eigenvalue weighted by Crippen LogP contribution is 2.32. The highest BCUT2D eigenvalue weighted by molar-refractivity contribution is 7.98. The number of thioether (sulfide) groups is 1. The van der Waals surface area contributed by atoms with E-state index < -0.39 is 5.63 Å². The second-order valence-corrected chi connectivity index (χ2v) is 7.15. The van der Waals surface area contributed by atoms with Crippen molar-refractivity contribution in [3.8, 4) is 5.75 Å². The van der Waals surface area contributed by atoms with E-state index in [0.29, 0.717) is 16.3 Å². The summed E-state index contributed by atoms with van der Waals surface area (Å²) in [5.74, 6) is 1.11. The topological polar surface area (TPSA) is 93.5 Å². The van der Waals surface area contributed by atoms with Crippen molar-refractivity contribution in [3.63, 3.8) is 0 Å². The van der Waals surface area contributed by atoms with Crippen molar-refractivity contribution < 1.29 is 9.52 Å². The van der Waals surface area contributed by atoms with Crippen molar-refractivity contribution >= 4 is 40.0 Å². The average Bonchev–Trinajstić information content (AvgIpc) is 2.97. The Hall–Kier alpha value is -2.58. The lowest BCUT2D eigenvalue weighted by atomic mass is 10.1. The summed E-state index contributed by atoms with van der Waals surface area (Å²) in [5.41, 5.74) is 2.13. The monoisotopic (exact) mass is 388 g/mol. The molecule has 0 saturated heterocycles. The van der Waals surface area contributed by atoms with E-state index in [4.69, 9.17) is 16.0 Å². The molecule has 26 heavy (non-hydrogen) atoms. The van der Waals surface area contributed by atoms with E-state index in [1.165, 1.54) is 23.9 Å². The Morgan fingerprint density at radius 2 is 2.04 bits per heavy atom. The van der Waals surface area contributed by atoms with Crippen LogP contribution in [0.2, 0.25) is 5.02 Å². The predicted octanol–water partition coefficient (Wildman–Crippen LogP) is 3.50. The van der Waals surface area contributed by atoms with Crippen molar-refractivity contribution in [2.75, 3.05) is 0 Å². The van der Waals surface area contributed by atoms with Gasteiger partial charge in [-0.3, -0.25) is 4.40 Å². The summed E-state index contributed by atoms with van der Waals surface area (Å²) < 4.78 is 7.02. The Kier molecular flexibility index (Phi) is 4.08. The van der Waals surface area contributed by atoms with Gasteiger partial charge in [0, 0.05) is 35.0 Å². The molecule has 7 nitrogen and oxygen atoms in total. The number of hydrogen-bond donors (Lipinski definition) is 1. The number of hydrogen-bond acceptors (Lipinski definition) is 7. The first kappa shape index (κ1) is 16.9. The van der Waals surface area contributed by atoms with E-state index in [0.717, 1.165) is 22.7 Å². The fourth-order valence-corrected chi connectivity index (χ4v) is 3.93. The zero-order valence-electron chi connectivity index (χ0n) is 13.9. The molecule has 1 N–H and O–H groups in total. The molecule has 0 aliphatic heterocycles.